The molecule has 0 N–H and O–H groups in total. The van der Waals surface area contributed by atoms with Crippen LogP contribution in [-0.2, 0) is 27.7 Å². The molecule has 0 bridgehead atoms. The van der Waals surface area contributed by atoms with Crippen molar-refractivity contribution < 1.29 is 27.7 Å². The van der Waals surface area contributed by atoms with Crippen molar-refractivity contribution in [1.29, 1.82) is 0 Å². The van der Waals surface area contributed by atoms with Gasteiger partial charge in [-0.3, -0.25) is 0 Å². The summed E-state index contributed by atoms with van der Waals surface area (Å²) in [5.74, 6) is 0. The second-order valence-corrected chi connectivity index (χ2v) is 7.12. The molecule has 3 nitrogen and oxygen atoms in total. The van der Waals surface area contributed by atoms with Crippen LogP contribution in [0.15, 0.2) is 0 Å². The van der Waals surface area contributed by atoms with Crippen LogP contribution in [0.3, 0.4) is 0 Å². The van der Waals surface area contributed by atoms with E-state index >= 15 is 0 Å². The monoisotopic (exact) mass is 232 g/mol. The summed E-state index contributed by atoms with van der Waals surface area (Å²) >= 11 is 2.75. The van der Waals surface area contributed by atoms with E-state index in [0.29, 0.717) is 24.0 Å². The van der Waals surface area contributed by atoms with Gasteiger partial charge >= 0.3 is 84.1 Å². The van der Waals surface area contributed by atoms with Gasteiger partial charge < -0.3 is 0 Å². The van der Waals surface area contributed by atoms with Crippen LogP contribution in [-0.4, -0.2) is 24.0 Å². The van der Waals surface area contributed by atoms with E-state index in [1.165, 1.54) is 0 Å². The molecule has 0 aliphatic carbocycles. The topological polar surface area (TPSA) is 27.7 Å². The first-order valence-electron chi connectivity index (χ1n) is 4.22. The Balaban J connectivity index is 4.06. The zero-order valence-corrected chi connectivity index (χ0v) is 10.2. The van der Waals surface area contributed by atoms with Gasteiger partial charge in [-0.05, 0) is 0 Å². The van der Waals surface area contributed by atoms with E-state index in [1.54, 1.807) is 0 Å². The molecule has 0 heterocycles. The molecule has 12 heavy (non-hydrogen) atoms. The predicted molar refractivity (Wildman–Crippen MR) is 45.6 cm³/mol. The van der Waals surface area contributed by atoms with Crippen LogP contribution in [0, 0.1) is 0 Å². The van der Waals surface area contributed by atoms with E-state index < -0.39 is 17.8 Å². The molecule has 0 aliphatic heterocycles. The average molecular weight is 233 g/mol. The Bertz CT molecular complexity index is 95.8. The van der Waals surface area contributed by atoms with Crippen LogP contribution in [0.5, 0.6) is 0 Å². The molecule has 74 valence electrons. The van der Waals surface area contributed by atoms with E-state index in [-0.39, 0.29) is 0 Å². The van der Waals surface area contributed by atoms with Crippen LogP contribution in [0.1, 0.15) is 20.8 Å². The summed E-state index contributed by atoms with van der Waals surface area (Å²) in [4.78, 5) is 0. The van der Waals surface area contributed by atoms with Gasteiger partial charge in [0.15, 0.2) is 0 Å². The summed E-state index contributed by atoms with van der Waals surface area (Å²) in [5, 5.41) is 0. The zero-order chi connectivity index (χ0) is 9.45. The van der Waals surface area contributed by atoms with Gasteiger partial charge in [-0.2, -0.15) is 0 Å². The Labute approximate surface area is 84.1 Å². The zero-order valence-electron chi connectivity index (χ0n) is 7.93. The summed E-state index contributed by atoms with van der Waals surface area (Å²) in [6.45, 7) is 7.58. The number of rotatable bonds is 7. The molecule has 0 spiro atoms. The molecule has 0 saturated carbocycles. The molecule has 0 aliphatic rings. The molecule has 0 rings (SSSR count). The van der Waals surface area contributed by atoms with E-state index in [1.807, 2.05) is 20.8 Å². The van der Waals surface area contributed by atoms with E-state index in [0.717, 1.165) is 0 Å². The fraction of sp³-hybridized carbons (Fsp3) is 1.00. The Kier molecular flexibility index (Phi) is 7.84. The van der Waals surface area contributed by atoms with Crippen molar-refractivity contribution in [2.45, 2.75) is 20.8 Å². The first kappa shape index (κ1) is 12.9. The van der Waals surface area contributed by atoms with E-state index in [2.05, 4.69) is 0 Å². The van der Waals surface area contributed by atoms with Gasteiger partial charge in [0.1, 0.15) is 0 Å². The van der Waals surface area contributed by atoms with Gasteiger partial charge in [-0.25, -0.2) is 0 Å². The molecule has 0 aromatic heterocycles. The normalized spacial score (nSPS) is 12.0. The van der Waals surface area contributed by atoms with Crippen LogP contribution in [0.25, 0.3) is 0 Å². The average Bonchev–Trinajstić information content (AvgIpc) is 2.06. The number of alkyl halides is 1. The molecule has 0 fully saturated rings. The third-order valence-corrected chi connectivity index (χ3v) is 6.53. The summed E-state index contributed by atoms with van der Waals surface area (Å²) in [6.07, 6.45) is 0. The third kappa shape index (κ3) is 4.21. The number of hydrogen-bond acceptors (Lipinski definition) is 3. The standard InChI is InChI=1S/3C2H5O.CH2Cl.Ti/c3*1-2-3;1-2;/h3*2H2,1H3;1H2;/q3*-1;;+3. The van der Waals surface area contributed by atoms with Crippen molar-refractivity contribution in [3.05, 3.63) is 0 Å². The van der Waals surface area contributed by atoms with Crippen molar-refractivity contribution in [2.24, 2.45) is 0 Å². The third-order valence-electron chi connectivity index (χ3n) is 1.26. The van der Waals surface area contributed by atoms with Gasteiger partial charge in [0.05, 0.1) is 0 Å². The van der Waals surface area contributed by atoms with Gasteiger partial charge in [0, 0.05) is 0 Å². The fourth-order valence-electron chi connectivity index (χ4n) is 0.900. The number of hydrogen-bond donors (Lipinski definition) is 0. The maximum absolute atomic E-state index is 5.77. The van der Waals surface area contributed by atoms with Crippen molar-refractivity contribution in [1.82, 2.24) is 0 Å². The molecule has 5 heteroatoms. The SMILES string of the molecule is CC[O][Ti]([CH2]Cl)([O]CC)[O]CC. The van der Waals surface area contributed by atoms with Crippen molar-refractivity contribution in [3.8, 4) is 0 Å². The van der Waals surface area contributed by atoms with Crippen molar-refractivity contribution in [3.63, 3.8) is 0 Å². The second-order valence-electron chi connectivity index (χ2n) is 2.12. The van der Waals surface area contributed by atoms with E-state index in [9.17, 15) is 0 Å². The summed E-state index contributed by atoms with van der Waals surface area (Å²) in [6, 6.07) is 0. The molecular weight excluding hydrogens is 215 g/mol. The minimum atomic E-state index is -3.02. The second kappa shape index (κ2) is 7.30. The van der Waals surface area contributed by atoms with Gasteiger partial charge in [0.2, 0.25) is 0 Å². The Hall–Kier alpha value is 0.884. The molecule has 0 amide bonds. The molecule has 0 atom stereocenters. The van der Waals surface area contributed by atoms with Crippen LogP contribution in [0.2, 0.25) is 0 Å². The first-order valence-corrected chi connectivity index (χ1v) is 7.77. The Morgan fingerprint density at radius 1 is 0.917 bits per heavy atom. The molecule has 0 aromatic rings. The molecule has 0 saturated heterocycles. The maximum atomic E-state index is 5.77. The Morgan fingerprint density at radius 3 is 1.42 bits per heavy atom. The van der Waals surface area contributed by atoms with Crippen LogP contribution in [0.4, 0.5) is 0 Å². The predicted octanol–water partition coefficient (Wildman–Crippen LogP) is 2.19. The first-order chi connectivity index (χ1) is 5.74. The molecular formula is C7H17ClO3Ti. The van der Waals surface area contributed by atoms with Crippen molar-refractivity contribution in [2.75, 3.05) is 24.0 Å². The van der Waals surface area contributed by atoms with Gasteiger partial charge in [-0.1, -0.05) is 0 Å². The fourth-order valence-corrected chi connectivity index (χ4v) is 4.67. The Morgan fingerprint density at radius 2 is 1.25 bits per heavy atom. The molecule has 0 aromatic carbocycles. The molecule has 0 radical (unpaired) electrons. The summed E-state index contributed by atoms with van der Waals surface area (Å²) < 4.78 is 16.8. The van der Waals surface area contributed by atoms with Crippen LogP contribution >= 0.6 is 11.6 Å². The molecule has 0 unspecified atom stereocenters. The van der Waals surface area contributed by atoms with Crippen LogP contribution < -0.4 is 0 Å². The minimum absolute atomic E-state index is 0.371. The van der Waals surface area contributed by atoms with Crippen molar-refractivity contribution >= 4 is 11.6 Å². The number of halogens is 1. The quantitative estimate of drug-likeness (QED) is 0.497. The van der Waals surface area contributed by atoms with Gasteiger partial charge in [0.25, 0.3) is 0 Å². The van der Waals surface area contributed by atoms with Gasteiger partial charge in [-0.15, -0.1) is 0 Å². The summed E-state index contributed by atoms with van der Waals surface area (Å²) in [7, 11) is 0. The van der Waals surface area contributed by atoms with E-state index in [4.69, 9.17) is 21.6 Å². The summed E-state index contributed by atoms with van der Waals surface area (Å²) in [5.41, 5.74) is 0.